The first kappa shape index (κ1) is 18.2. The third-order valence-corrected chi connectivity index (χ3v) is 5.65. The smallest absolute Gasteiger partial charge is 0.261 e. The summed E-state index contributed by atoms with van der Waals surface area (Å²) >= 11 is 0. The number of anilines is 1. The van der Waals surface area contributed by atoms with Gasteiger partial charge in [0.05, 0.1) is 29.5 Å². The lowest BCUT2D eigenvalue weighted by molar-refractivity contribution is 0.0720. The molecule has 8 heteroatoms. The van der Waals surface area contributed by atoms with E-state index in [1.165, 1.54) is 31.5 Å². The number of likely N-dealkylation sites (tertiary alicyclic amines) is 1. The summed E-state index contributed by atoms with van der Waals surface area (Å²) in [5.74, 6) is 0.154. The Hall–Kier alpha value is -2.61. The van der Waals surface area contributed by atoms with Crippen molar-refractivity contribution in [1.82, 2.24) is 9.88 Å². The molecule has 1 N–H and O–H groups in total. The highest BCUT2D eigenvalue weighted by Crippen LogP contribution is 2.26. The minimum absolute atomic E-state index is 0.00233. The molecule has 7 nitrogen and oxygen atoms in total. The molecule has 0 unspecified atom stereocenters. The third-order valence-electron chi connectivity index (χ3n) is 4.27. The van der Waals surface area contributed by atoms with Gasteiger partial charge in [-0.1, -0.05) is 0 Å². The Bertz CT molecular complexity index is 879. The molecule has 0 aliphatic carbocycles. The standard InChI is InChI=1S/C18H21N3O4S/c1-25-17-8-7-15(26(23,24)20-14-6-5-9-19-13-14)12-16(17)18(22)21-10-3-2-4-11-21/h5-9,12-13,20H,2-4,10-11H2,1H3. The van der Waals surface area contributed by atoms with Gasteiger partial charge in [-0.05, 0) is 49.6 Å². The SMILES string of the molecule is COc1ccc(S(=O)(=O)Nc2cccnc2)cc1C(=O)N1CCCCC1. The molecule has 0 saturated carbocycles. The lowest BCUT2D eigenvalue weighted by Crippen LogP contribution is -2.35. The Morgan fingerprint density at radius 2 is 1.96 bits per heavy atom. The number of hydrogen-bond donors (Lipinski definition) is 1. The van der Waals surface area contributed by atoms with E-state index in [1.807, 2.05) is 0 Å². The first-order chi connectivity index (χ1) is 12.5. The number of carbonyl (C=O) groups is 1. The number of amides is 1. The predicted octanol–water partition coefficient (Wildman–Crippen LogP) is 2.52. The summed E-state index contributed by atoms with van der Waals surface area (Å²) in [6.07, 6.45) is 5.98. The van der Waals surface area contributed by atoms with Crippen LogP contribution in [0.1, 0.15) is 29.6 Å². The van der Waals surface area contributed by atoms with Gasteiger partial charge in [0.1, 0.15) is 5.75 Å². The normalized spacial score (nSPS) is 14.7. The fourth-order valence-electron chi connectivity index (χ4n) is 2.93. The van der Waals surface area contributed by atoms with Crippen LogP contribution in [0.3, 0.4) is 0 Å². The molecule has 2 aromatic rings. The maximum Gasteiger partial charge on any atom is 0.261 e. The summed E-state index contributed by atoms with van der Waals surface area (Å²) in [6, 6.07) is 7.54. The minimum atomic E-state index is -3.84. The fraction of sp³-hybridized carbons (Fsp3) is 0.333. The molecule has 2 heterocycles. The van der Waals surface area contributed by atoms with Gasteiger partial charge >= 0.3 is 0 Å². The number of piperidine rings is 1. The van der Waals surface area contributed by atoms with Crippen molar-refractivity contribution in [1.29, 1.82) is 0 Å². The van der Waals surface area contributed by atoms with Gasteiger partial charge in [0.25, 0.3) is 15.9 Å². The average molecular weight is 375 g/mol. The van der Waals surface area contributed by atoms with Gasteiger partial charge in [0, 0.05) is 19.3 Å². The van der Waals surface area contributed by atoms with E-state index in [1.54, 1.807) is 23.2 Å². The predicted molar refractivity (Wildman–Crippen MR) is 97.8 cm³/mol. The van der Waals surface area contributed by atoms with Crippen molar-refractivity contribution in [3.8, 4) is 5.75 Å². The number of nitrogens with one attached hydrogen (secondary N) is 1. The molecule has 0 bridgehead atoms. The summed E-state index contributed by atoms with van der Waals surface area (Å²) < 4.78 is 33.0. The van der Waals surface area contributed by atoms with Crippen LogP contribution in [0.25, 0.3) is 0 Å². The highest BCUT2D eigenvalue weighted by Gasteiger charge is 2.24. The third kappa shape index (κ3) is 3.96. The van der Waals surface area contributed by atoms with Gasteiger partial charge in [-0.3, -0.25) is 14.5 Å². The van der Waals surface area contributed by atoms with E-state index >= 15 is 0 Å². The van der Waals surface area contributed by atoms with Crippen LogP contribution in [0, 0.1) is 0 Å². The number of aromatic nitrogens is 1. The van der Waals surface area contributed by atoms with E-state index in [9.17, 15) is 13.2 Å². The molecular formula is C18H21N3O4S. The maximum absolute atomic E-state index is 12.8. The molecule has 1 aromatic carbocycles. The first-order valence-electron chi connectivity index (χ1n) is 8.41. The van der Waals surface area contributed by atoms with Crippen molar-refractivity contribution in [2.24, 2.45) is 0 Å². The lowest BCUT2D eigenvalue weighted by Gasteiger charge is -2.27. The van der Waals surface area contributed by atoms with Crippen LogP contribution < -0.4 is 9.46 Å². The van der Waals surface area contributed by atoms with E-state index in [2.05, 4.69) is 9.71 Å². The number of ether oxygens (including phenoxy) is 1. The summed E-state index contributed by atoms with van der Waals surface area (Å²) in [7, 11) is -2.38. The Morgan fingerprint density at radius 1 is 1.19 bits per heavy atom. The summed E-state index contributed by atoms with van der Waals surface area (Å²) in [4.78, 5) is 18.5. The number of carbonyl (C=O) groups excluding carboxylic acids is 1. The van der Waals surface area contributed by atoms with Gasteiger partial charge in [-0.25, -0.2) is 8.42 Å². The topological polar surface area (TPSA) is 88.6 Å². The van der Waals surface area contributed by atoms with Crippen molar-refractivity contribution in [2.45, 2.75) is 24.2 Å². The molecule has 1 saturated heterocycles. The zero-order chi connectivity index (χ0) is 18.6. The Kier molecular flexibility index (Phi) is 5.41. The van der Waals surface area contributed by atoms with Crippen molar-refractivity contribution < 1.29 is 17.9 Å². The number of benzene rings is 1. The highest BCUT2D eigenvalue weighted by atomic mass is 32.2. The number of rotatable bonds is 5. The maximum atomic E-state index is 12.8. The molecular weight excluding hydrogens is 354 g/mol. The number of pyridine rings is 1. The second-order valence-electron chi connectivity index (χ2n) is 6.06. The molecule has 138 valence electrons. The molecule has 1 aliphatic rings. The molecule has 1 amide bonds. The van der Waals surface area contributed by atoms with Gasteiger partial charge in [0.15, 0.2) is 0 Å². The van der Waals surface area contributed by atoms with E-state index in [-0.39, 0.29) is 16.4 Å². The second-order valence-corrected chi connectivity index (χ2v) is 7.74. The van der Waals surface area contributed by atoms with E-state index in [4.69, 9.17) is 4.74 Å². The molecule has 0 atom stereocenters. The number of nitrogens with zero attached hydrogens (tertiary/aromatic N) is 2. The zero-order valence-corrected chi connectivity index (χ0v) is 15.3. The second kappa shape index (κ2) is 7.74. The monoisotopic (exact) mass is 375 g/mol. The molecule has 1 aromatic heterocycles. The van der Waals surface area contributed by atoms with Gasteiger partial charge in [-0.15, -0.1) is 0 Å². The lowest BCUT2D eigenvalue weighted by atomic mass is 10.1. The summed E-state index contributed by atoms with van der Waals surface area (Å²) in [5.41, 5.74) is 0.607. The van der Waals surface area contributed by atoms with Crippen LogP contribution in [-0.4, -0.2) is 44.4 Å². The average Bonchev–Trinajstić information content (AvgIpc) is 2.68. The number of sulfonamides is 1. The molecule has 0 spiro atoms. The van der Waals surface area contributed by atoms with Crippen molar-refractivity contribution >= 4 is 21.6 Å². The van der Waals surface area contributed by atoms with Crippen molar-refractivity contribution in [3.63, 3.8) is 0 Å². The largest absolute Gasteiger partial charge is 0.496 e. The van der Waals surface area contributed by atoms with Crippen LogP contribution >= 0.6 is 0 Å². The van der Waals surface area contributed by atoms with Crippen molar-refractivity contribution in [3.05, 3.63) is 48.3 Å². The first-order valence-corrected chi connectivity index (χ1v) is 9.90. The Morgan fingerprint density at radius 3 is 2.62 bits per heavy atom. The molecule has 0 radical (unpaired) electrons. The zero-order valence-electron chi connectivity index (χ0n) is 14.5. The van der Waals surface area contributed by atoms with Crippen LogP contribution in [0.4, 0.5) is 5.69 Å². The van der Waals surface area contributed by atoms with Gasteiger partial charge in [-0.2, -0.15) is 0 Å². The van der Waals surface area contributed by atoms with E-state index < -0.39 is 10.0 Å². The van der Waals surface area contributed by atoms with Crippen LogP contribution in [0.15, 0.2) is 47.6 Å². The highest BCUT2D eigenvalue weighted by molar-refractivity contribution is 7.92. The van der Waals surface area contributed by atoms with E-state index in [0.29, 0.717) is 24.5 Å². The minimum Gasteiger partial charge on any atom is -0.496 e. The molecule has 3 rings (SSSR count). The van der Waals surface area contributed by atoms with Gasteiger partial charge < -0.3 is 9.64 Å². The fourth-order valence-corrected chi connectivity index (χ4v) is 4.00. The Balaban J connectivity index is 1.92. The number of hydrogen-bond acceptors (Lipinski definition) is 5. The quantitative estimate of drug-likeness (QED) is 0.867. The summed E-state index contributed by atoms with van der Waals surface area (Å²) in [5, 5.41) is 0. The Labute approximate surface area is 153 Å². The van der Waals surface area contributed by atoms with Crippen LogP contribution in [0.5, 0.6) is 5.75 Å². The molecule has 1 fully saturated rings. The van der Waals surface area contributed by atoms with Crippen LogP contribution in [-0.2, 0) is 10.0 Å². The number of methoxy groups -OCH3 is 1. The summed E-state index contributed by atoms with van der Waals surface area (Å²) in [6.45, 7) is 1.35. The van der Waals surface area contributed by atoms with E-state index in [0.717, 1.165) is 19.3 Å². The van der Waals surface area contributed by atoms with Crippen LogP contribution in [0.2, 0.25) is 0 Å². The van der Waals surface area contributed by atoms with Gasteiger partial charge in [0.2, 0.25) is 0 Å². The molecule has 1 aliphatic heterocycles. The van der Waals surface area contributed by atoms with Crippen molar-refractivity contribution in [2.75, 3.05) is 24.9 Å². The molecule has 26 heavy (non-hydrogen) atoms.